The number of imidazole rings is 1. The first-order valence-electron chi connectivity index (χ1n) is 8.62. The van der Waals surface area contributed by atoms with Gasteiger partial charge in [0.2, 0.25) is 0 Å². The quantitative estimate of drug-likeness (QED) is 0.818. The highest BCUT2D eigenvalue weighted by Gasteiger charge is 2.29. The molecular weight excluding hydrogens is 292 g/mol. The number of amides is 1. The summed E-state index contributed by atoms with van der Waals surface area (Å²) < 4.78 is 7.61. The zero-order valence-corrected chi connectivity index (χ0v) is 14.6. The van der Waals surface area contributed by atoms with Gasteiger partial charge in [-0.1, -0.05) is 0 Å². The van der Waals surface area contributed by atoms with Crippen molar-refractivity contribution >= 4 is 6.09 Å². The minimum Gasteiger partial charge on any atom is -0.444 e. The van der Waals surface area contributed by atoms with Crippen LogP contribution in [0.1, 0.15) is 46.5 Å². The van der Waals surface area contributed by atoms with Crippen LogP contribution in [-0.2, 0) is 11.3 Å². The van der Waals surface area contributed by atoms with Crippen molar-refractivity contribution in [3.8, 4) is 0 Å². The van der Waals surface area contributed by atoms with Gasteiger partial charge in [-0.3, -0.25) is 0 Å². The van der Waals surface area contributed by atoms with Gasteiger partial charge < -0.3 is 19.5 Å². The number of ether oxygens (including phenoxy) is 1. The van der Waals surface area contributed by atoms with Gasteiger partial charge in [-0.2, -0.15) is 0 Å². The third-order valence-electron chi connectivity index (χ3n) is 3.96. The molecule has 0 spiro atoms. The molecule has 1 aromatic rings. The van der Waals surface area contributed by atoms with Gasteiger partial charge in [0.1, 0.15) is 5.60 Å². The van der Waals surface area contributed by atoms with E-state index in [2.05, 4.69) is 14.9 Å². The molecule has 1 atom stereocenters. The Hall–Kier alpha value is -1.56. The molecule has 0 radical (unpaired) electrons. The second kappa shape index (κ2) is 8.34. The van der Waals surface area contributed by atoms with E-state index in [0.717, 1.165) is 45.4 Å². The van der Waals surface area contributed by atoms with Crippen molar-refractivity contribution in [1.82, 2.24) is 19.8 Å². The predicted octanol–water partition coefficient (Wildman–Crippen LogP) is 2.65. The second-order valence-electron chi connectivity index (χ2n) is 7.18. The minimum atomic E-state index is -0.433. The van der Waals surface area contributed by atoms with Gasteiger partial charge in [-0.05, 0) is 53.0 Å². The summed E-state index contributed by atoms with van der Waals surface area (Å²) in [6.07, 6.45) is 9.79. The molecule has 0 aliphatic carbocycles. The van der Waals surface area contributed by atoms with Crippen LogP contribution in [0.5, 0.6) is 0 Å². The third kappa shape index (κ3) is 6.22. The molecule has 0 saturated carbocycles. The van der Waals surface area contributed by atoms with Crippen LogP contribution in [-0.4, -0.2) is 51.8 Å². The summed E-state index contributed by atoms with van der Waals surface area (Å²) in [5, 5.41) is 3.48. The first kappa shape index (κ1) is 17.8. The molecule has 1 N–H and O–H groups in total. The number of aryl methyl sites for hydroxylation is 1. The molecule has 1 saturated heterocycles. The Bertz CT molecular complexity index is 467. The molecule has 0 aromatic carbocycles. The highest BCUT2D eigenvalue weighted by Crippen LogP contribution is 2.20. The van der Waals surface area contributed by atoms with Gasteiger partial charge in [0.05, 0.1) is 6.33 Å². The van der Waals surface area contributed by atoms with Crippen LogP contribution in [0, 0.1) is 0 Å². The summed E-state index contributed by atoms with van der Waals surface area (Å²) in [5.74, 6) is 0. The van der Waals surface area contributed by atoms with E-state index in [9.17, 15) is 4.79 Å². The summed E-state index contributed by atoms with van der Waals surface area (Å²) >= 11 is 0. The zero-order valence-electron chi connectivity index (χ0n) is 14.6. The Labute approximate surface area is 139 Å². The maximum Gasteiger partial charge on any atom is 0.410 e. The van der Waals surface area contributed by atoms with Crippen LogP contribution >= 0.6 is 0 Å². The number of piperidine rings is 1. The largest absolute Gasteiger partial charge is 0.444 e. The monoisotopic (exact) mass is 322 g/mol. The Kier molecular flexibility index (Phi) is 6.45. The van der Waals surface area contributed by atoms with E-state index in [1.165, 1.54) is 6.42 Å². The molecule has 1 fully saturated rings. The molecule has 6 heteroatoms. The van der Waals surface area contributed by atoms with Gasteiger partial charge in [0.25, 0.3) is 0 Å². The summed E-state index contributed by atoms with van der Waals surface area (Å²) in [4.78, 5) is 18.3. The summed E-state index contributed by atoms with van der Waals surface area (Å²) in [7, 11) is 0. The normalized spacial score (nSPS) is 18.9. The van der Waals surface area contributed by atoms with Crippen LogP contribution < -0.4 is 5.32 Å². The van der Waals surface area contributed by atoms with Crippen molar-refractivity contribution in [1.29, 1.82) is 0 Å². The van der Waals surface area contributed by atoms with Crippen LogP contribution in [0.25, 0.3) is 0 Å². The van der Waals surface area contributed by atoms with Gasteiger partial charge in [0.15, 0.2) is 0 Å². The molecule has 2 rings (SSSR count). The van der Waals surface area contributed by atoms with E-state index in [0.29, 0.717) is 0 Å². The molecule has 1 aliphatic rings. The predicted molar refractivity (Wildman–Crippen MR) is 90.3 cm³/mol. The van der Waals surface area contributed by atoms with Crippen molar-refractivity contribution in [3.63, 3.8) is 0 Å². The average Bonchev–Trinajstić information content (AvgIpc) is 2.99. The molecule has 23 heavy (non-hydrogen) atoms. The maximum absolute atomic E-state index is 12.3. The van der Waals surface area contributed by atoms with E-state index in [-0.39, 0.29) is 12.1 Å². The standard InChI is InChI=1S/C17H30N4O2/c1-17(2,3)23-16(22)21-11-5-4-7-15(21)13-18-8-6-10-20-12-9-19-14-20/h9,12,14-15,18H,4-8,10-11,13H2,1-3H3. The molecule has 1 aromatic heterocycles. The topological polar surface area (TPSA) is 59.4 Å². The lowest BCUT2D eigenvalue weighted by Gasteiger charge is -2.37. The van der Waals surface area contributed by atoms with E-state index >= 15 is 0 Å². The van der Waals surface area contributed by atoms with Crippen molar-refractivity contribution in [2.75, 3.05) is 19.6 Å². The molecule has 130 valence electrons. The first-order valence-corrected chi connectivity index (χ1v) is 8.62. The Morgan fingerprint density at radius 3 is 2.91 bits per heavy atom. The van der Waals surface area contributed by atoms with Crippen LogP contribution in [0.15, 0.2) is 18.7 Å². The fourth-order valence-corrected chi connectivity index (χ4v) is 2.85. The molecule has 1 amide bonds. The highest BCUT2D eigenvalue weighted by atomic mass is 16.6. The minimum absolute atomic E-state index is 0.178. The fourth-order valence-electron chi connectivity index (χ4n) is 2.85. The fraction of sp³-hybridized carbons (Fsp3) is 0.765. The van der Waals surface area contributed by atoms with E-state index < -0.39 is 5.60 Å². The summed E-state index contributed by atoms with van der Waals surface area (Å²) in [6, 6.07) is 0.242. The lowest BCUT2D eigenvalue weighted by atomic mass is 10.0. The Morgan fingerprint density at radius 2 is 2.22 bits per heavy atom. The number of aromatic nitrogens is 2. The molecule has 1 unspecified atom stereocenters. The number of carbonyl (C=O) groups excluding carboxylic acids is 1. The number of carbonyl (C=O) groups is 1. The summed E-state index contributed by atoms with van der Waals surface area (Å²) in [6.45, 7) is 9.29. The lowest BCUT2D eigenvalue weighted by molar-refractivity contribution is 0.00997. The molecule has 0 bridgehead atoms. The third-order valence-corrected chi connectivity index (χ3v) is 3.96. The van der Waals surface area contributed by atoms with Crippen LogP contribution in [0.2, 0.25) is 0 Å². The number of nitrogens with zero attached hydrogens (tertiary/aromatic N) is 3. The smallest absolute Gasteiger partial charge is 0.410 e. The Morgan fingerprint density at radius 1 is 1.39 bits per heavy atom. The molecule has 2 heterocycles. The van der Waals surface area contributed by atoms with E-state index in [4.69, 9.17) is 4.74 Å². The second-order valence-corrected chi connectivity index (χ2v) is 7.18. The zero-order chi connectivity index (χ0) is 16.7. The molecule has 6 nitrogen and oxygen atoms in total. The summed E-state index contributed by atoms with van der Waals surface area (Å²) in [5.41, 5.74) is -0.433. The molecule has 1 aliphatic heterocycles. The SMILES string of the molecule is CC(C)(C)OC(=O)N1CCCCC1CNCCCn1ccnc1. The first-order chi connectivity index (χ1) is 11.0. The van der Waals surface area contributed by atoms with Crippen molar-refractivity contribution < 1.29 is 9.53 Å². The number of nitrogens with one attached hydrogen (secondary N) is 1. The highest BCUT2D eigenvalue weighted by molar-refractivity contribution is 5.68. The van der Waals surface area contributed by atoms with Crippen molar-refractivity contribution in [2.45, 2.75) is 64.6 Å². The van der Waals surface area contributed by atoms with Crippen molar-refractivity contribution in [2.24, 2.45) is 0 Å². The van der Waals surface area contributed by atoms with E-state index in [1.807, 2.05) is 38.2 Å². The van der Waals surface area contributed by atoms with Crippen molar-refractivity contribution in [3.05, 3.63) is 18.7 Å². The Balaban J connectivity index is 1.71. The molecular formula is C17H30N4O2. The van der Waals surface area contributed by atoms with Gasteiger partial charge in [0, 0.05) is 38.1 Å². The number of rotatable bonds is 6. The average molecular weight is 322 g/mol. The van der Waals surface area contributed by atoms with Gasteiger partial charge >= 0.3 is 6.09 Å². The number of hydrogen-bond donors (Lipinski definition) is 1. The lowest BCUT2D eigenvalue weighted by Crippen LogP contribution is -2.50. The van der Waals surface area contributed by atoms with Gasteiger partial charge in [-0.25, -0.2) is 9.78 Å². The van der Waals surface area contributed by atoms with Crippen LogP contribution in [0.3, 0.4) is 0 Å². The van der Waals surface area contributed by atoms with Crippen LogP contribution in [0.4, 0.5) is 4.79 Å². The van der Waals surface area contributed by atoms with Gasteiger partial charge in [-0.15, -0.1) is 0 Å². The maximum atomic E-state index is 12.3. The van der Waals surface area contributed by atoms with E-state index in [1.54, 1.807) is 6.20 Å². The number of likely N-dealkylation sites (tertiary alicyclic amines) is 1. The number of hydrogen-bond acceptors (Lipinski definition) is 4.